The molecule has 0 radical (unpaired) electrons. The average molecular weight is 223 g/mol. The Labute approximate surface area is 95.2 Å². The number of nitrogens with one attached hydrogen (secondary N) is 1. The molecular formula is C12H17NO3. The second-order valence-electron chi connectivity index (χ2n) is 3.97. The summed E-state index contributed by atoms with van der Waals surface area (Å²) < 4.78 is 10.4. The predicted molar refractivity (Wildman–Crippen MR) is 62.2 cm³/mol. The van der Waals surface area contributed by atoms with E-state index in [4.69, 9.17) is 9.47 Å². The van der Waals surface area contributed by atoms with Gasteiger partial charge in [-0.15, -0.1) is 0 Å². The standard InChI is InChI=1S/C12H17NO3/c1-15-11-6-3-8(7-12(11)16-2)13-9-4-5-10(9)14/h3,6-7,9-10,13-14H,4-5H2,1-2H3/t9-,10-/m1/s1. The lowest BCUT2D eigenvalue weighted by Crippen LogP contribution is -2.42. The van der Waals surface area contributed by atoms with E-state index in [9.17, 15) is 5.11 Å². The molecule has 1 fully saturated rings. The number of rotatable bonds is 4. The van der Waals surface area contributed by atoms with Crippen molar-refractivity contribution in [2.45, 2.75) is 25.0 Å². The molecule has 0 aliphatic heterocycles. The van der Waals surface area contributed by atoms with Gasteiger partial charge in [0.15, 0.2) is 11.5 Å². The number of methoxy groups -OCH3 is 2. The third-order valence-corrected chi connectivity index (χ3v) is 2.97. The molecule has 4 nitrogen and oxygen atoms in total. The number of benzene rings is 1. The molecule has 0 spiro atoms. The Kier molecular flexibility index (Phi) is 3.19. The molecule has 1 saturated carbocycles. The van der Waals surface area contributed by atoms with E-state index in [1.807, 2.05) is 18.2 Å². The van der Waals surface area contributed by atoms with Gasteiger partial charge in [0.25, 0.3) is 0 Å². The highest BCUT2D eigenvalue weighted by Gasteiger charge is 2.28. The van der Waals surface area contributed by atoms with Crippen LogP contribution in [0, 0.1) is 0 Å². The zero-order valence-corrected chi connectivity index (χ0v) is 9.56. The van der Waals surface area contributed by atoms with Crippen molar-refractivity contribution in [3.63, 3.8) is 0 Å². The molecule has 0 aromatic heterocycles. The second kappa shape index (κ2) is 4.61. The van der Waals surface area contributed by atoms with Crippen LogP contribution >= 0.6 is 0 Å². The average Bonchev–Trinajstić information content (AvgIpc) is 2.33. The van der Waals surface area contributed by atoms with Crippen molar-refractivity contribution in [3.8, 4) is 11.5 Å². The van der Waals surface area contributed by atoms with E-state index in [2.05, 4.69) is 5.32 Å². The predicted octanol–water partition coefficient (Wildman–Crippen LogP) is 1.64. The summed E-state index contributed by atoms with van der Waals surface area (Å²) in [7, 11) is 3.22. The summed E-state index contributed by atoms with van der Waals surface area (Å²) in [6, 6.07) is 5.82. The van der Waals surface area contributed by atoms with Gasteiger partial charge < -0.3 is 19.9 Å². The fourth-order valence-corrected chi connectivity index (χ4v) is 1.79. The molecule has 1 aromatic carbocycles. The summed E-state index contributed by atoms with van der Waals surface area (Å²) in [5.74, 6) is 1.41. The van der Waals surface area contributed by atoms with Gasteiger partial charge in [-0.05, 0) is 25.0 Å². The van der Waals surface area contributed by atoms with Gasteiger partial charge in [-0.1, -0.05) is 0 Å². The van der Waals surface area contributed by atoms with Crippen LogP contribution in [0.3, 0.4) is 0 Å². The zero-order chi connectivity index (χ0) is 11.5. The van der Waals surface area contributed by atoms with Crippen molar-refractivity contribution < 1.29 is 14.6 Å². The molecular weight excluding hydrogens is 206 g/mol. The van der Waals surface area contributed by atoms with Crippen LogP contribution in [0.15, 0.2) is 18.2 Å². The lowest BCUT2D eigenvalue weighted by atomic mass is 9.89. The molecule has 2 atom stereocenters. The Bertz CT molecular complexity index is 367. The Hall–Kier alpha value is -1.42. The molecule has 2 N–H and O–H groups in total. The highest BCUT2D eigenvalue weighted by atomic mass is 16.5. The molecule has 1 aromatic rings. The molecule has 1 aliphatic carbocycles. The van der Waals surface area contributed by atoms with Crippen molar-refractivity contribution in [2.24, 2.45) is 0 Å². The molecule has 0 saturated heterocycles. The number of aliphatic hydroxyl groups is 1. The smallest absolute Gasteiger partial charge is 0.162 e. The number of anilines is 1. The van der Waals surface area contributed by atoms with Crippen LogP contribution in [0.1, 0.15) is 12.8 Å². The third-order valence-electron chi connectivity index (χ3n) is 2.97. The number of hydrogen-bond donors (Lipinski definition) is 2. The third kappa shape index (κ3) is 2.07. The first-order valence-electron chi connectivity index (χ1n) is 5.41. The quantitative estimate of drug-likeness (QED) is 0.814. The first-order chi connectivity index (χ1) is 7.74. The van der Waals surface area contributed by atoms with Crippen molar-refractivity contribution in [3.05, 3.63) is 18.2 Å². The number of ether oxygens (including phenoxy) is 2. The maximum Gasteiger partial charge on any atom is 0.162 e. The van der Waals surface area contributed by atoms with Crippen molar-refractivity contribution in [1.29, 1.82) is 0 Å². The van der Waals surface area contributed by atoms with E-state index in [-0.39, 0.29) is 12.1 Å². The minimum atomic E-state index is -0.229. The Morgan fingerprint density at radius 2 is 1.94 bits per heavy atom. The van der Waals surface area contributed by atoms with E-state index < -0.39 is 0 Å². The van der Waals surface area contributed by atoms with Gasteiger partial charge >= 0.3 is 0 Å². The molecule has 16 heavy (non-hydrogen) atoms. The fourth-order valence-electron chi connectivity index (χ4n) is 1.79. The van der Waals surface area contributed by atoms with E-state index in [0.717, 1.165) is 18.5 Å². The minimum absolute atomic E-state index is 0.165. The lowest BCUT2D eigenvalue weighted by molar-refractivity contribution is 0.0786. The van der Waals surface area contributed by atoms with Gasteiger partial charge in [-0.2, -0.15) is 0 Å². The summed E-state index contributed by atoms with van der Waals surface area (Å²) in [6.45, 7) is 0. The zero-order valence-electron chi connectivity index (χ0n) is 9.56. The highest BCUT2D eigenvalue weighted by molar-refractivity contribution is 5.55. The van der Waals surface area contributed by atoms with Crippen LogP contribution in [-0.2, 0) is 0 Å². The second-order valence-corrected chi connectivity index (χ2v) is 3.97. The normalized spacial score (nSPS) is 23.4. The molecule has 0 bridgehead atoms. The summed E-state index contributed by atoms with van der Waals surface area (Å²) in [4.78, 5) is 0. The maximum absolute atomic E-state index is 9.48. The number of hydrogen-bond acceptors (Lipinski definition) is 4. The van der Waals surface area contributed by atoms with E-state index in [0.29, 0.717) is 11.5 Å². The van der Waals surface area contributed by atoms with Crippen molar-refractivity contribution >= 4 is 5.69 Å². The Balaban J connectivity index is 2.09. The van der Waals surface area contributed by atoms with Crippen LogP contribution in [0.25, 0.3) is 0 Å². The number of aliphatic hydroxyl groups excluding tert-OH is 1. The largest absolute Gasteiger partial charge is 0.493 e. The Morgan fingerprint density at radius 1 is 1.19 bits per heavy atom. The van der Waals surface area contributed by atoms with Gasteiger partial charge in [0.05, 0.1) is 26.4 Å². The molecule has 88 valence electrons. The van der Waals surface area contributed by atoms with Gasteiger partial charge in [0.1, 0.15) is 0 Å². The van der Waals surface area contributed by atoms with Gasteiger partial charge in [-0.3, -0.25) is 0 Å². The summed E-state index contributed by atoms with van der Waals surface area (Å²) in [6.07, 6.45) is 1.66. The molecule has 4 heteroatoms. The molecule has 0 unspecified atom stereocenters. The van der Waals surface area contributed by atoms with Crippen LogP contribution in [0.5, 0.6) is 11.5 Å². The molecule has 2 rings (SSSR count). The SMILES string of the molecule is COc1ccc(N[C@@H]2CC[C@H]2O)cc1OC. The topological polar surface area (TPSA) is 50.7 Å². The monoisotopic (exact) mass is 223 g/mol. The van der Waals surface area contributed by atoms with Crippen molar-refractivity contribution in [2.75, 3.05) is 19.5 Å². The first kappa shape index (κ1) is 11.1. The highest BCUT2D eigenvalue weighted by Crippen LogP contribution is 2.31. The first-order valence-corrected chi connectivity index (χ1v) is 5.41. The van der Waals surface area contributed by atoms with Crippen molar-refractivity contribution in [1.82, 2.24) is 0 Å². The maximum atomic E-state index is 9.48. The van der Waals surface area contributed by atoms with E-state index in [1.165, 1.54) is 0 Å². The minimum Gasteiger partial charge on any atom is -0.493 e. The van der Waals surface area contributed by atoms with Crippen LogP contribution in [-0.4, -0.2) is 31.5 Å². The van der Waals surface area contributed by atoms with E-state index >= 15 is 0 Å². The molecule has 1 aliphatic rings. The van der Waals surface area contributed by atoms with Crippen LogP contribution in [0.4, 0.5) is 5.69 Å². The Morgan fingerprint density at radius 3 is 2.44 bits per heavy atom. The van der Waals surface area contributed by atoms with Crippen LogP contribution in [0.2, 0.25) is 0 Å². The summed E-state index contributed by atoms with van der Waals surface area (Å²) in [5, 5.41) is 12.7. The fraction of sp³-hybridized carbons (Fsp3) is 0.500. The lowest BCUT2D eigenvalue weighted by Gasteiger charge is -2.33. The van der Waals surface area contributed by atoms with E-state index in [1.54, 1.807) is 14.2 Å². The molecule has 0 amide bonds. The molecule has 0 heterocycles. The summed E-state index contributed by atoms with van der Waals surface area (Å²) >= 11 is 0. The van der Waals surface area contributed by atoms with Gasteiger partial charge in [-0.25, -0.2) is 0 Å². The van der Waals surface area contributed by atoms with Crippen LogP contribution < -0.4 is 14.8 Å². The van der Waals surface area contributed by atoms with Gasteiger partial charge in [0, 0.05) is 11.8 Å². The van der Waals surface area contributed by atoms with Gasteiger partial charge in [0.2, 0.25) is 0 Å². The summed E-state index contributed by atoms with van der Waals surface area (Å²) in [5.41, 5.74) is 0.946.